The molecule has 0 radical (unpaired) electrons. The summed E-state index contributed by atoms with van der Waals surface area (Å²) >= 11 is 0. The molecule has 0 bridgehead atoms. The van der Waals surface area contributed by atoms with Crippen molar-refractivity contribution in [3.8, 4) is 0 Å². The molecular weight excluding hydrogens is 194 g/mol. The molecule has 0 saturated heterocycles. The van der Waals surface area contributed by atoms with Crippen LogP contribution in [0.15, 0.2) is 24.3 Å². The number of hydrogen-bond donors (Lipinski definition) is 1. The molecule has 0 atom stereocenters. The number of aliphatic carboxylic acids is 1. The van der Waals surface area contributed by atoms with Crippen LogP contribution < -0.4 is 0 Å². The number of rotatable bonds is 2. The zero-order valence-corrected chi connectivity index (χ0v) is 8.51. The fourth-order valence-electron chi connectivity index (χ4n) is 1.20. The zero-order chi connectivity index (χ0) is 11.1. The van der Waals surface area contributed by atoms with Crippen molar-refractivity contribution >= 4 is 17.0 Å². The third-order valence-electron chi connectivity index (χ3n) is 2.31. The normalized spacial score (nSPS) is 11.9. The van der Waals surface area contributed by atoms with E-state index in [0.717, 1.165) is 0 Å². The van der Waals surface area contributed by atoms with Crippen LogP contribution in [-0.4, -0.2) is 26.1 Å². The van der Waals surface area contributed by atoms with Gasteiger partial charge < -0.3 is 5.11 Å². The van der Waals surface area contributed by atoms with E-state index in [1.165, 1.54) is 4.80 Å². The van der Waals surface area contributed by atoms with Crippen molar-refractivity contribution in [2.45, 2.75) is 19.4 Å². The molecule has 1 aromatic carbocycles. The molecule has 0 amide bonds. The van der Waals surface area contributed by atoms with Crippen LogP contribution in [0.25, 0.3) is 11.0 Å². The Morgan fingerprint density at radius 2 is 1.73 bits per heavy atom. The standard InChI is InChI=1S/C10H11N3O2/c1-10(2,9(14)15)13-11-7-5-3-4-6-8(7)12-13/h3-6H,1-2H3,(H,14,15). The van der Waals surface area contributed by atoms with E-state index in [1.54, 1.807) is 26.0 Å². The van der Waals surface area contributed by atoms with Crippen LogP contribution in [0.3, 0.4) is 0 Å². The van der Waals surface area contributed by atoms with Crippen molar-refractivity contribution in [3.05, 3.63) is 24.3 Å². The highest BCUT2D eigenvalue weighted by Crippen LogP contribution is 2.16. The predicted octanol–water partition coefficient (Wildman–Crippen LogP) is 1.25. The summed E-state index contributed by atoms with van der Waals surface area (Å²) in [6.07, 6.45) is 0. The van der Waals surface area contributed by atoms with Gasteiger partial charge in [0.15, 0.2) is 5.54 Å². The molecule has 78 valence electrons. The molecule has 15 heavy (non-hydrogen) atoms. The molecule has 1 aromatic heterocycles. The summed E-state index contributed by atoms with van der Waals surface area (Å²) < 4.78 is 0. The molecule has 2 rings (SSSR count). The third kappa shape index (κ3) is 1.45. The SMILES string of the molecule is CC(C)(C(=O)O)n1nc2ccccc2n1. The second kappa shape index (κ2) is 3.05. The van der Waals surface area contributed by atoms with Crippen LogP contribution in [0.5, 0.6) is 0 Å². The lowest BCUT2D eigenvalue weighted by molar-refractivity contribution is -0.146. The van der Waals surface area contributed by atoms with E-state index in [1.807, 2.05) is 12.1 Å². The Morgan fingerprint density at radius 1 is 1.27 bits per heavy atom. The number of fused-ring (bicyclic) bond motifs is 1. The van der Waals surface area contributed by atoms with Crippen LogP contribution in [-0.2, 0) is 10.3 Å². The molecule has 5 nitrogen and oxygen atoms in total. The van der Waals surface area contributed by atoms with Crippen LogP contribution in [0.1, 0.15) is 13.8 Å². The van der Waals surface area contributed by atoms with Gasteiger partial charge in [-0.25, -0.2) is 4.79 Å². The van der Waals surface area contributed by atoms with E-state index in [2.05, 4.69) is 10.2 Å². The van der Waals surface area contributed by atoms with Gasteiger partial charge in [0, 0.05) is 0 Å². The maximum Gasteiger partial charge on any atom is 0.332 e. The summed E-state index contributed by atoms with van der Waals surface area (Å²) in [5, 5.41) is 17.3. The Hall–Kier alpha value is -1.91. The number of carboxylic acid groups (broad SMARTS) is 1. The molecule has 0 fully saturated rings. The molecule has 0 aliphatic heterocycles. The summed E-state index contributed by atoms with van der Waals surface area (Å²) in [5.41, 5.74) is 0.276. The second-order valence-corrected chi connectivity index (χ2v) is 3.84. The van der Waals surface area contributed by atoms with Crippen molar-refractivity contribution in [2.24, 2.45) is 0 Å². The van der Waals surface area contributed by atoms with Gasteiger partial charge >= 0.3 is 5.97 Å². The molecule has 0 aliphatic carbocycles. The maximum atomic E-state index is 11.0. The Balaban J connectivity index is 2.58. The van der Waals surface area contributed by atoms with E-state index in [4.69, 9.17) is 5.11 Å². The third-order valence-corrected chi connectivity index (χ3v) is 2.31. The number of nitrogens with zero attached hydrogens (tertiary/aromatic N) is 3. The second-order valence-electron chi connectivity index (χ2n) is 3.84. The average Bonchev–Trinajstić information content (AvgIpc) is 2.61. The van der Waals surface area contributed by atoms with Crippen LogP contribution in [0, 0.1) is 0 Å². The largest absolute Gasteiger partial charge is 0.479 e. The molecule has 0 aliphatic rings. The fourth-order valence-corrected chi connectivity index (χ4v) is 1.20. The molecule has 1 heterocycles. The van der Waals surface area contributed by atoms with Gasteiger partial charge in [-0.05, 0) is 26.0 Å². The van der Waals surface area contributed by atoms with Gasteiger partial charge in [-0.15, -0.1) is 0 Å². The van der Waals surface area contributed by atoms with Crippen LogP contribution in [0.4, 0.5) is 0 Å². The van der Waals surface area contributed by atoms with E-state index >= 15 is 0 Å². The summed E-state index contributed by atoms with van der Waals surface area (Å²) in [6, 6.07) is 7.29. The van der Waals surface area contributed by atoms with Gasteiger partial charge in [0.1, 0.15) is 11.0 Å². The number of hydrogen-bond acceptors (Lipinski definition) is 3. The minimum absolute atomic E-state index is 0.701. The van der Waals surface area contributed by atoms with Crippen LogP contribution in [0.2, 0.25) is 0 Å². The summed E-state index contributed by atoms with van der Waals surface area (Å²) in [7, 11) is 0. The quantitative estimate of drug-likeness (QED) is 0.801. The van der Waals surface area contributed by atoms with Crippen molar-refractivity contribution in [1.29, 1.82) is 0 Å². The molecule has 0 unspecified atom stereocenters. The molecular formula is C10H11N3O2. The van der Waals surface area contributed by atoms with Crippen LogP contribution >= 0.6 is 0 Å². The molecule has 0 saturated carbocycles. The lowest BCUT2D eigenvalue weighted by atomic mass is 10.1. The number of carboxylic acids is 1. The minimum atomic E-state index is -1.13. The smallest absolute Gasteiger partial charge is 0.332 e. The van der Waals surface area contributed by atoms with E-state index in [9.17, 15) is 4.79 Å². The highest BCUT2D eigenvalue weighted by Gasteiger charge is 2.31. The van der Waals surface area contributed by atoms with Gasteiger partial charge in [0.05, 0.1) is 0 Å². The summed E-state index contributed by atoms with van der Waals surface area (Å²) in [5.74, 6) is -0.956. The fraction of sp³-hybridized carbons (Fsp3) is 0.300. The first-order valence-corrected chi connectivity index (χ1v) is 4.58. The van der Waals surface area contributed by atoms with E-state index < -0.39 is 11.5 Å². The Morgan fingerprint density at radius 3 is 2.13 bits per heavy atom. The lowest BCUT2D eigenvalue weighted by Crippen LogP contribution is -2.37. The van der Waals surface area contributed by atoms with Crippen molar-refractivity contribution in [1.82, 2.24) is 15.0 Å². The molecule has 1 N–H and O–H groups in total. The highest BCUT2D eigenvalue weighted by molar-refractivity contribution is 5.77. The number of carbonyl (C=O) groups is 1. The Kier molecular flexibility index (Phi) is 1.96. The Labute approximate surface area is 86.3 Å². The summed E-state index contributed by atoms with van der Waals surface area (Å²) in [6.45, 7) is 3.13. The van der Waals surface area contributed by atoms with Gasteiger partial charge in [-0.3, -0.25) is 0 Å². The molecule has 0 spiro atoms. The summed E-state index contributed by atoms with van der Waals surface area (Å²) in [4.78, 5) is 12.2. The Bertz CT molecular complexity index is 483. The van der Waals surface area contributed by atoms with Gasteiger partial charge in [0.25, 0.3) is 0 Å². The number of aromatic nitrogens is 3. The highest BCUT2D eigenvalue weighted by atomic mass is 16.4. The average molecular weight is 205 g/mol. The van der Waals surface area contributed by atoms with E-state index in [0.29, 0.717) is 11.0 Å². The van der Waals surface area contributed by atoms with Gasteiger partial charge in [0.2, 0.25) is 0 Å². The predicted molar refractivity (Wildman–Crippen MR) is 54.5 cm³/mol. The maximum absolute atomic E-state index is 11.0. The van der Waals surface area contributed by atoms with E-state index in [-0.39, 0.29) is 0 Å². The van der Waals surface area contributed by atoms with Crippen molar-refractivity contribution in [2.75, 3.05) is 0 Å². The van der Waals surface area contributed by atoms with Gasteiger partial charge in [-0.2, -0.15) is 15.0 Å². The first-order chi connectivity index (χ1) is 7.01. The monoisotopic (exact) mass is 205 g/mol. The first-order valence-electron chi connectivity index (χ1n) is 4.58. The molecule has 5 heteroatoms. The first kappa shape index (κ1) is 9.64. The van der Waals surface area contributed by atoms with Crippen molar-refractivity contribution in [3.63, 3.8) is 0 Å². The molecule has 2 aromatic rings. The van der Waals surface area contributed by atoms with Crippen molar-refractivity contribution < 1.29 is 9.90 Å². The lowest BCUT2D eigenvalue weighted by Gasteiger charge is -2.17. The topological polar surface area (TPSA) is 68.0 Å². The van der Waals surface area contributed by atoms with Gasteiger partial charge in [-0.1, -0.05) is 12.1 Å². The zero-order valence-electron chi connectivity index (χ0n) is 8.51. The minimum Gasteiger partial charge on any atom is -0.479 e. The number of benzene rings is 1.